The first-order chi connectivity index (χ1) is 9.36. The molecule has 0 spiro atoms. The third-order valence-corrected chi connectivity index (χ3v) is 6.20. The van der Waals surface area contributed by atoms with Crippen LogP contribution in [-0.2, 0) is 4.74 Å². The van der Waals surface area contributed by atoms with Gasteiger partial charge in [0.1, 0.15) is 0 Å². The van der Waals surface area contributed by atoms with Crippen LogP contribution in [0.15, 0.2) is 0 Å². The lowest BCUT2D eigenvalue weighted by atomic mass is 9.48. The first-order valence-electron chi connectivity index (χ1n) is 8.15. The van der Waals surface area contributed by atoms with Crippen molar-refractivity contribution in [2.75, 3.05) is 40.3 Å². The fourth-order valence-corrected chi connectivity index (χ4v) is 4.86. The van der Waals surface area contributed by atoms with E-state index >= 15 is 0 Å². The number of likely N-dealkylation sites (tertiary alicyclic amines) is 1. The van der Waals surface area contributed by atoms with E-state index in [1.54, 1.807) is 0 Å². The molecule has 116 valence electrons. The quantitative estimate of drug-likeness (QED) is 0.839. The highest BCUT2D eigenvalue weighted by molar-refractivity contribution is 5.22. The zero-order chi connectivity index (χ0) is 14.5. The molecule has 1 aliphatic carbocycles. The summed E-state index contributed by atoms with van der Waals surface area (Å²) in [5, 5.41) is 0. The molecule has 3 aliphatic rings. The molecule has 4 unspecified atom stereocenters. The van der Waals surface area contributed by atoms with E-state index < -0.39 is 0 Å². The molecule has 3 fully saturated rings. The van der Waals surface area contributed by atoms with Gasteiger partial charge in [0, 0.05) is 42.6 Å². The maximum atomic E-state index is 6.90. The number of hydrogen-bond acceptors (Lipinski definition) is 4. The molecule has 1 saturated carbocycles. The Morgan fingerprint density at radius 1 is 1.30 bits per heavy atom. The highest BCUT2D eigenvalue weighted by Crippen LogP contribution is 2.58. The molecule has 0 aromatic heterocycles. The van der Waals surface area contributed by atoms with Gasteiger partial charge in [0.25, 0.3) is 0 Å². The Bertz CT molecular complexity index is 371. The van der Waals surface area contributed by atoms with Crippen molar-refractivity contribution in [3.63, 3.8) is 0 Å². The number of fused-ring (bicyclic) bond motifs is 1. The van der Waals surface area contributed by atoms with Gasteiger partial charge >= 0.3 is 0 Å². The fraction of sp³-hybridized carbons (Fsp3) is 1.00. The first-order valence-corrected chi connectivity index (χ1v) is 8.15. The van der Waals surface area contributed by atoms with Crippen molar-refractivity contribution in [1.29, 1.82) is 0 Å². The smallest absolute Gasteiger partial charge is 0.0691 e. The lowest BCUT2D eigenvalue weighted by Gasteiger charge is -2.63. The van der Waals surface area contributed by atoms with Crippen LogP contribution >= 0.6 is 0 Å². The summed E-state index contributed by atoms with van der Waals surface area (Å²) in [6.07, 6.45) is 4.18. The number of ether oxygens (including phenoxy) is 1. The molecule has 4 atom stereocenters. The second-order valence-corrected chi connectivity index (χ2v) is 7.98. The summed E-state index contributed by atoms with van der Waals surface area (Å²) in [4.78, 5) is 4.95. The van der Waals surface area contributed by atoms with Gasteiger partial charge in [0.05, 0.1) is 6.10 Å². The molecule has 0 aromatic carbocycles. The molecule has 0 bridgehead atoms. The van der Waals surface area contributed by atoms with E-state index in [4.69, 9.17) is 10.5 Å². The SMILES string of the molecule is CN(C)CC1CCCN1CC1(N)C2CCOC2C1(C)C. The zero-order valence-electron chi connectivity index (χ0n) is 13.6. The molecule has 2 heterocycles. The van der Waals surface area contributed by atoms with Crippen LogP contribution in [0.1, 0.15) is 33.1 Å². The molecule has 0 aromatic rings. The van der Waals surface area contributed by atoms with Crippen LogP contribution < -0.4 is 5.73 Å². The van der Waals surface area contributed by atoms with E-state index in [9.17, 15) is 0 Å². The largest absolute Gasteiger partial charge is 0.377 e. The molecule has 2 saturated heterocycles. The summed E-state index contributed by atoms with van der Waals surface area (Å²) in [6.45, 7) is 8.92. The highest BCUT2D eigenvalue weighted by Gasteiger charge is 2.67. The molecular formula is C16H31N3O. The van der Waals surface area contributed by atoms with E-state index in [1.807, 2.05) is 0 Å². The standard InChI is InChI=1S/C16H31N3O/c1-15(2)14-13(7-9-20-14)16(15,17)11-19-8-5-6-12(19)10-18(3)4/h12-14H,5-11,17H2,1-4H3. The van der Waals surface area contributed by atoms with E-state index in [0.29, 0.717) is 18.1 Å². The number of likely N-dealkylation sites (N-methyl/N-ethyl adjacent to an activating group) is 1. The summed E-state index contributed by atoms with van der Waals surface area (Å²) in [5.74, 6) is 0.568. The summed E-state index contributed by atoms with van der Waals surface area (Å²) in [7, 11) is 4.34. The maximum Gasteiger partial charge on any atom is 0.0691 e. The van der Waals surface area contributed by atoms with Crippen molar-refractivity contribution < 1.29 is 4.74 Å². The molecule has 4 heteroatoms. The van der Waals surface area contributed by atoms with Crippen LogP contribution in [0.2, 0.25) is 0 Å². The van der Waals surface area contributed by atoms with E-state index in [-0.39, 0.29) is 11.0 Å². The lowest BCUT2D eigenvalue weighted by molar-refractivity contribution is -0.164. The van der Waals surface area contributed by atoms with E-state index in [2.05, 4.69) is 37.7 Å². The number of rotatable bonds is 4. The topological polar surface area (TPSA) is 41.7 Å². The summed E-state index contributed by atoms with van der Waals surface area (Å²) in [5.41, 5.74) is 6.95. The predicted octanol–water partition coefficient (Wildman–Crippen LogP) is 1.15. The van der Waals surface area contributed by atoms with Gasteiger partial charge in [-0.25, -0.2) is 0 Å². The van der Waals surface area contributed by atoms with Gasteiger partial charge in [-0.3, -0.25) is 4.90 Å². The van der Waals surface area contributed by atoms with Gasteiger partial charge in [-0.05, 0) is 39.9 Å². The zero-order valence-corrected chi connectivity index (χ0v) is 13.6. The van der Waals surface area contributed by atoms with Gasteiger partial charge in [-0.15, -0.1) is 0 Å². The minimum atomic E-state index is -0.0664. The van der Waals surface area contributed by atoms with Gasteiger partial charge in [-0.1, -0.05) is 13.8 Å². The molecule has 20 heavy (non-hydrogen) atoms. The lowest BCUT2D eigenvalue weighted by Crippen LogP contribution is -2.78. The van der Waals surface area contributed by atoms with Crippen LogP contribution in [0.5, 0.6) is 0 Å². The number of nitrogens with two attached hydrogens (primary N) is 1. The average molecular weight is 281 g/mol. The fourth-order valence-electron chi connectivity index (χ4n) is 4.86. The molecule has 0 amide bonds. The van der Waals surface area contributed by atoms with E-state index in [0.717, 1.165) is 26.1 Å². The van der Waals surface area contributed by atoms with Crippen molar-refractivity contribution in [2.24, 2.45) is 17.1 Å². The minimum Gasteiger partial charge on any atom is -0.377 e. The summed E-state index contributed by atoms with van der Waals surface area (Å²) >= 11 is 0. The molecule has 0 radical (unpaired) electrons. The van der Waals surface area contributed by atoms with Crippen molar-refractivity contribution in [3.05, 3.63) is 0 Å². The Balaban J connectivity index is 1.70. The Labute approximate surface area is 123 Å². The minimum absolute atomic E-state index is 0.0664. The van der Waals surface area contributed by atoms with E-state index in [1.165, 1.54) is 19.4 Å². The van der Waals surface area contributed by atoms with Crippen LogP contribution in [0, 0.1) is 11.3 Å². The van der Waals surface area contributed by atoms with Crippen molar-refractivity contribution in [2.45, 2.75) is 50.8 Å². The maximum absolute atomic E-state index is 6.90. The van der Waals surface area contributed by atoms with Crippen LogP contribution in [0.25, 0.3) is 0 Å². The van der Waals surface area contributed by atoms with Crippen molar-refractivity contribution in [3.8, 4) is 0 Å². The van der Waals surface area contributed by atoms with Crippen LogP contribution in [-0.4, -0.2) is 67.8 Å². The second-order valence-electron chi connectivity index (χ2n) is 7.98. The van der Waals surface area contributed by atoms with Crippen LogP contribution in [0.4, 0.5) is 0 Å². The van der Waals surface area contributed by atoms with Crippen molar-refractivity contribution >= 4 is 0 Å². The number of nitrogens with zero attached hydrogens (tertiary/aromatic N) is 2. The van der Waals surface area contributed by atoms with Gasteiger partial charge < -0.3 is 15.4 Å². The van der Waals surface area contributed by atoms with Gasteiger partial charge in [0.15, 0.2) is 0 Å². The highest BCUT2D eigenvalue weighted by atomic mass is 16.5. The number of hydrogen-bond donors (Lipinski definition) is 1. The Kier molecular flexibility index (Phi) is 3.65. The predicted molar refractivity (Wildman–Crippen MR) is 81.7 cm³/mol. The summed E-state index contributed by atoms with van der Waals surface area (Å²) < 4.78 is 5.91. The van der Waals surface area contributed by atoms with Gasteiger partial charge in [-0.2, -0.15) is 0 Å². The summed E-state index contributed by atoms with van der Waals surface area (Å²) in [6, 6.07) is 0.683. The normalized spacial score (nSPS) is 43.8. The molecule has 2 N–H and O–H groups in total. The first kappa shape index (κ1) is 14.8. The molecule has 3 rings (SSSR count). The Hall–Kier alpha value is -0.160. The monoisotopic (exact) mass is 281 g/mol. The third-order valence-electron chi connectivity index (χ3n) is 6.20. The molecular weight excluding hydrogens is 250 g/mol. The third kappa shape index (κ3) is 2.04. The van der Waals surface area contributed by atoms with Crippen molar-refractivity contribution in [1.82, 2.24) is 9.80 Å². The second kappa shape index (κ2) is 4.94. The van der Waals surface area contributed by atoms with Gasteiger partial charge in [0.2, 0.25) is 0 Å². The molecule has 2 aliphatic heterocycles. The Morgan fingerprint density at radius 2 is 2.05 bits per heavy atom. The molecule has 4 nitrogen and oxygen atoms in total. The Morgan fingerprint density at radius 3 is 2.75 bits per heavy atom. The average Bonchev–Trinajstić information content (AvgIpc) is 2.97. The van der Waals surface area contributed by atoms with Crippen LogP contribution in [0.3, 0.4) is 0 Å².